The molecule has 1 N–H and O–H groups in total. The Morgan fingerprint density at radius 1 is 1.40 bits per heavy atom. The highest BCUT2D eigenvalue weighted by molar-refractivity contribution is 5.91. The molecular weight excluding hydrogens is 254 g/mol. The van der Waals surface area contributed by atoms with E-state index in [1.165, 1.54) is 6.08 Å². The zero-order valence-electron chi connectivity index (χ0n) is 12.2. The van der Waals surface area contributed by atoms with Crippen LogP contribution in [0.3, 0.4) is 0 Å². The Kier molecular flexibility index (Phi) is 4.02. The lowest BCUT2D eigenvalue weighted by atomic mass is 10.2. The summed E-state index contributed by atoms with van der Waals surface area (Å²) in [7, 11) is 3.74. The molecule has 1 amide bonds. The van der Waals surface area contributed by atoms with Gasteiger partial charge in [0.1, 0.15) is 0 Å². The second kappa shape index (κ2) is 5.73. The van der Waals surface area contributed by atoms with Crippen LogP contribution in [0.5, 0.6) is 0 Å². The fourth-order valence-electron chi connectivity index (χ4n) is 2.01. The lowest BCUT2D eigenvalue weighted by Gasteiger charge is -2.03. The number of aromatic nitrogens is 4. The molecule has 6 nitrogen and oxygen atoms in total. The van der Waals surface area contributed by atoms with E-state index >= 15 is 0 Å². The van der Waals surface area contributed by atoms with Gasteiger partial charge in [0.2, 0.25) is 5.91 Å². The molecule has 0 aliphatic heterocycles. The van der Waals surface area contributed by atoms with Crippen molar-refractivity contribution in [1.29, 1.82) is 0 Å². The predicted octanol–water partition coefficient (Wildman–Crippen LogP) is 1.10. The van der Waals surface area contributed by atoms with Crippen LogP contribution in [0.15, 0.2) is 18.5 Å². The van der Waals surface area contributed by atoms with Crippen molar-refractivity contribution in [2.45, 2.75) is 20.4 Å². The van der Waals surface area contributed by atoms with E-state index in [4.69, 9.17) is 0 Å². The molecule has 0 atom stereocenters. The first-order chi connectivity index (χ1) is 9.47. The number of aryl methyl sites for hydroxylation is 3. The van der Waals surface area contributed by atoms with E-state index in [2.05, 4.69) is 15.5 Å². The van der Waals surface area contributed by atoms with Crippen molar-refractivity contribution in [2.75, 3.05) is 0 Å². The molecule has 2 heterocycles. The quantitative estimate of drug-likeness (QED) is 0.848. The summed E-state index contributed by atoms with van der Waals surface area (Å²) >= 11 is 0. The van der Waals surface area contributed by atoms with Gasteiger partial charge in [0, 0.05) is 49.7 Å². The molecule has 20 heavy (non-hydrogen) atoms. The Morgan fingerprint density at radius 2 is 2.15 bits per heavy atom. The van der Waals surface area contributed by atoms with Gasteiger partial charge in [0.25, 0.3) is 0 Å². The van der Waals surface area contributed by atoms with Crippen LogP contribution in [-0.2, 0) is 25.4 Å². The van der Waals surface area contributed by atoms with Crippen LogP contribution in [0.25, 0.3) is 6.08 Å². The van der Waals surface area contributed by atoms with Crippen LogP contribution in [0.4, 0.5) is 0 Å². The molecule has 0 saturated carbocycles. The van der Waals surface area contributed by atoms with Gasteiger partial charge in [0.15, 0.2) is 0 Å². The van der Waals surface area contributed by atoms with E-state index in [0.717, 1.165) is 22.5 Å². The average molecular weight is 273 g/mol. The second-order valence-electron chi connectivity index (χ2n) is 4.77. The summed E-state index contributed by atoms with van der Waals surface area (Å²) in [5.41, 5.74) is 3.98. The number of nitrogens with one attached hydrogen (secondary N) is 1. The summed E-state index contributed by atoms with van der Waals surface area (Å²) in [4.78, 5) is 11.8. The Hall–Kier alpha value is -2.37. The van der Waals surface area contributed by atoms with E-state index in [1.807, 2.05) is 38.8 Å². The summed E-state index contributed by atoms with van der Waals surface area (Å²) in [5.74, 6) is -0.128. The highest BCUT2D eigenvalue weighted by Crippen LogP contribution is 2.11. The van der Waals surface area contributed by atoms with Crippen molar-refractivity contribution in [3.8, 4) is 0 Å². The third-order valence-corrected chi connectivity index (χ3v) is 3.25. The van der Waals surface area contributed by atoms with Crippen LogP contribution >= 0.6 is 0 Å². The second-order valence-corrected chi connectivity index (χ2v) is 4.77. The highest BCUT2D eigenvalue weighted by atomic mass is 16.1. The molecule has 2 aromatic rings. The van der Waals surface area contributed by atoms with E-state index in [-0.39, 0.29) is 5.91 Å². The Balaban J connectivity index is 1.94. The highest BCUT2D eigenvalue weighted by Gasteiger charge is 2.09. The lowest BCUT2D eigenvalue weighted by Crippen LogP contribution is -2.21. The molecule has 0 fully saturated rings. The van der Waals surface area contributed by atoms with E-state index in [1.54, 1.807) is 17.0 Å². The average Bonchev–Trinajstić information content (AvgIpc) is 2.91. The zero-order chi connectivity index (χ0) is 14.7. The largest absolute Gasteiger partial charge is 0.348 e. The molecule has 0 aromatic carbocycles. The van der Waals surface area contributed by atoms with E-state index in [9.17, 15) is 4.79 Å². The monoisotopic (exact) mass is 273 g/mol. The van der Waals surface area contributed by atoms with Crippen LogP contribution in [0.2, 0.25) is 0 Å². The SMILES string of the molecule is Cc1nn(C)c(C)c1CNC(=O)/C=C/c1cnn(C)c1. The number of carbonyl (C=O) groups excluding carboxylic acids is 1. The minimum Gasteiger partial charge on any atom is -0.348 e. The molecule has 6 heteroatoms. The Bertz CT molecular complexity index is 651. The van der Waals surface area contributed by atoms with Crippen LogP contribution in [0.1, 0.15) is 22.5 Å². The number of amides is 1. The molecular formula is C14H19N5O. The van der Waals surface area contributed by atoms with Crippen molar-refractivity contribution in [3.63, 3.8) is 0 Å². The topological polar surface area (TPSA) is 64.7 Å². The molecule has 0 aliphatic rings. The molecule has 0 bridgehead atoms. The summed E-state index contributed by atoms with van der Waals surface area (Å²) in [6.45, 7) is 4.43. The molecule has 0 spiro atoms. The third kappa shape index (κ3) is 3.14. The fourth-order valence-corrected chi connectivity index (χ4v) is 2.01. The van der Waals surface area contributed by atoms with Gasteiger partial charge in [-0.15, -0.1) is 0 Å². The molecule has 0 radical (unpaired) electrons. The van der Waals surface area contributed by atoms with Gasteiger partial charge in [-0.3, -0.25) is 14.2 Å². The minimum atomic E-state index is -0.128. The fraction of sp³-hybridized carbons (Fsp3) is 0.357. The normalized spacial score (nSPS) is 11.2. The van der Waals surface area contributed by atoms with E-state index < -0.39 is 0 Å². The first-order valence-electron chi connectivity index (χ1n) is 6.41. The first kappa shape index (κ1) is 14.0. The van der Waals surface area contributed by atoms with Gasteiger partial charge in [-0.1, -0.05) is 0 Å². The summed E-state index contributed by atoms with van der Waals surface area (Å²) in [5, 5.41) is 11.2. The van der Waals surface area contributed by atoms with Gasteiger partial charge in [-0.05, 0) is 19.9 Å². The zero-order valence-corrected chi connectivity index (χ0v) is 12.2. The van der Waals surface area contributed by atoms with Gasteiger partial charge in [0.05, 0.1) is 11.9 Å². The van der Waals surface area contributed by atoms with E-state index in [0.29, 0.717) is 6.54 Å². The maximum atomic E-state index is 11.8. The minimum absolute atomic E-state index is 0.128. The maximum absolute atomic E-state index is 11.8. The Morgan fingerprint density at radius 3 is 2.70 bits per heavy atom. The van der Waals surface area contributed by atoms with Crippen molar-refractivity contribution >= 4 is 12.0 Å². The number of hydrogen-bond donors (Lipinski definition) is 1. The first-order valence-corrected chi connectivity index (χ1v) is 6.41. The number of rotatable bonds is 4. The molecule has 2 aromatic heterocycles. The predicted molar refractivity (Wildman–Crippen MR) is 76.8 cm³/mol. The maximum Gasteiger partial charge on any atom is 0.244 e. The van der Waals surface area contributed by atoms with Gasteiger partial charge < -0.3 is 5.32 Å². The number of nitrogens with zero attached hydrogens (tertiary/aromatic N) is 4. The lowest BCUT2D eigenvalue weighted by molar-refractivity contribution is -0.116. The Labute approximate surface area is 118 Å². The summed E-state index contributed by atoms with van der Waals surface area (Å²) in [6.07, 6.45) is 6.81. The van der Waals surface area contributed by atoms with Gasteiger partial charge in [-0.25, -0.2) is 0 Å². The standard InChI is InChI=1S/C14H19N5O/c1-10-13(11(2)19(4)17-10)8-15-14(20)6-5-12-7-16-18(3)9-12/h5-7,9H,8H2,1-4H3,(H,15,20)/b6-5+. The van der Waals surface area contributed by atoms with Gasteiger partial charge >= 0.3 is 0 Å². The number of carbonyl (C=O) groups is 1. The molecule has 106 valence electrons. The summed E-state index contributed by atoms with van der Waals surface area (Å²) in [6, 6.07) is 0. The molecule has 0 aliphatic carbocycles. The van der Waals surface area contributed by atoms with Crippen LogP contribution < -0.4 is 5.32 Å². The molecule has 0 saturated heterocycles. The van der Waals surface area contributed by atoms with Crippen molar-refractivity contribution in [1.82, 2.24) is 24.9 Å². The number of hydrogen-bond acceptors (Lipinski definition) is 3. The van der Waals surface area contributed by atoms with Crippen molar-refractivity contribution in [2.24, 2.45) is 14.1 Å². The molecule has 2 rings (SSSR count). The summed E-state index contributed by atoms with van der Waals surface area (Å²) < 4.78 is 3.52. The van der Waals surface area contributed by atoms with Crippen molar-refractivity contribution in [3.05, 3.63) is 41.0 Å². The van der Waals surface area contributed by atoms with Gasteiger partial charge in [-0.2, -0.15) is 10.2 Å². The smallest absolute Gasteiger partial charge is 0.244 e. The van der Waals surface area contributed by atoms with Crippen LogP contribution in [0, 0.1) is 13.8 Å². The van der Waals surface area contributed by atoms with Crippen LogP contribution in [-0.4, -0.2) is 25.5 Å². The van der Waals surface area contributed by atoms with Crippen molar-refractivity contribution < 1.29 is 4.79 Å². The molecule has 0 unspecified atom stereocenters. The third-order valence-electron chi connectivity index (χ3n) is 3.25.